The van der Waals surface area contributed by atoms with E-state index >= 15 is 0 Å². The highest BCUT2D eigenvalue weighted by molar-refractivity contribution is 5.77. The maximum atomic E-state index is 5.30. The molecule has 0 amide bonds. The molecule has 0 aromatic carbocycles. The van der Waals surface area contributed by atoms with E-state index in [4.69, 9.17) is 5.73 Å². The standard InChI is InChI=1S/C5H13N3/c1-3-4-8-5(6)7-2/h3-4H2,1-2H3,(H3,6,7,8). The summed E-state index contributed by atoms with van der Waals surface area (Å²) in [4.78, 5) is 3.71. The van der Waals surface area contributed by atoms with Gasteiger partial charge in [-0.05, 0) is 6.42 Å². The van der Waals surface area contributed by atoms with Gasteiger partial charge in [-0.1, -0.05) is 6.92 Å². The topological polar surface area (TPSA) is 50.4 Å². The fourth-order valence-electron chi connectivity index (χ4n) is 0.332. The van der Waals surface area contributed by atoms with Crippen molar-refractivity contribution in [1.29, 1.82) is 0 Å². The molecule has 0 fully saturated rings. The highest BCUT2D eigenvalue weighted by Crippen LogP contribution is 1.67. The van der Waals surface area contributed by atoms with Gasteiger partial charge in [-0.2, -0.15) is 0 Å². The summed E-state index contributed by atoms with van der Waals surface area (Å²) in [6.45, 7) is 2.99. The number of rotatable bonds is 2. The number of aliphatic imine (C=N–C) groups is 1. The molecule has 0 aromatic rings. The van der Waals surface area contributed by atoms with Gasteiger partial charge in [-0.15, -0.1) is 0 Å². The second kappa shape index (κ2) is 4.43. The first-order valence-corrected chi connectivity index (χ1v) is 2.77. The minimum Gasteiger partial charge on any atom is -0.370 e. The summed E-state index contributed by atoms with van der Waals surface area (Å²) in [5.41, 5.74) is 5.30. The maximum absolute atomic E-state index is 5.30. The molecule has 0 radical (unpaired) electrons. The second-order valence-electron chi connectivity index (χ2n) is 1.54. The van der Waals surface area contributed by atoms with Crippen LogP contribution in [0.4, 0.5) is 0 Å². The van der Waals surface area contributed by atoms with Gasteiger partial charge in [0.1, 0.15) is 0 Å². The van der Waals surface area contributed by atoms with Gasteiger partial charge in [-0.3, -0.25) is 4.99 Å². The molecule has 0 rings (SSSR count). The van der Waals surface area contributed by atoms with Crippen LogP contribution in [-0.2, 0) is 0 Å². The monoisotopic (exact) mass is 115 g/mol. The van der Waals surface area contributed by atoms with Crippen LogP contribution in [0.25, 0.3) is 0 Å². The number of hydrogen-bond donors (Lipinski definition) is 2. The van der Waals surface area contributed by atoms with Crippen molar-refractivity contribution in [2.45, 2.75) is 13.3 Å². The van der Waals surface area contributed by atoms with Crippen LogP contribution in [0.15, 0.2) is 4.99 Å². The zero-order chi connectivity index (χ0) is 6.41. The Balaban J connectivity index is 3.12. The Kier molecular flexibility index (Phi) is 4.03. The molecule has 0 spiro atoms. The minimum absolute atomic E-state index is 0.520. The Morgan fingerprint density at radius 1 is 1.75 bits per heavy atom. The van der Waals surface area contributed by atoms with Crippen molar-refractivity contribution in [2.24, 2.45) is 10.7 Å². The fraction of sp³-hybridized carbons (Fsp3) is 0.800. The lowest BCUT2D eigenvalue weighted by atomic mass is 10.5. The smallest absolute Gasteiger partial charge is 0.188 e. The summed E-state index contributed by atoms with van der Waals surface area (Å²) in [6, 6.07) is 0. The van der Waals surface area contributed by atoms with Gasteiger partial charge in [0, 0.05) is 13.6 Å². The van der Waals surface area contributed by atoms with E-state index in [-0.39, 0.29) is 0 Å². The molecular formula is C5H13N3. The lowest BCUT2D eigenvalue weighted by molar-refractivity contribution is 0.832. The molecule has 0 heterocycles. The molecule has 0 bridgehead atoms. The van der Waals surface area contributed by atoms with Gasteiger partial charge in [0.2, 0.25) is 0 Å². The van der Waals surface area contributed by atoms with Gasteiger partial charge in [0.05, 0.1) is 0 Å². The van der Waals surface area contributed by atoms with Crippen molar-refractivity contribution in [3.05, 3.63) is 0 Å². The molecule has 0 unspecified atom stereocenters. The lowest BCUT2D eigenvalue weighted by Crippen LogP contribution is -2.31. The van der Waals surface area contributed by atoms with Crippen molar-refractivity contribution < 1.29 is 0 Å². The lowest BCUT2D eigenvalue weighted by Gasteiger charge is -1.99. The second-order valence-corrected chi connectivity index (χ2v) is 1.54. The summed E-state index contributed by atoms with van der Waals surface area (Å²) in [5.74, 6) is 0.520. The van der Waals surface area contributed by atoms with Gasteiger partial charge < -0.3 is 11.1 Å². The maximum Gasteiger partial charge on any atom is 0.188 e. The molecule has 3 heteroatoms. The predicted molar refractivity (Wildman–Crippen MR) is 35.8 cm³/mol. The van der Waals surface area contributed by atoms with Gasteiger partial charge >= 0.3 is 0 Å². The third-order valence-corrected chi connectivity index (χ3v) is 0.797. The first kappa shape index (κ1) is 7.27. The molecule has 8 heavy (non-hydrogen) atoms. The first-order valence-electron chi connectivity index (χ1n) is 2.77. The van der Waals surface area contributed by atoms with Crippen LogP contribution < -0.4 is 11.1 Å². The molecule has 0 atom stereocenters. The molecule has 48 valence electrons. The molecule has 0 aliphatic heterocycles. The van der Waals surface area contributed by atoms with Gasteiger partial charge in [0.15, 0.2) is 5.96 Å². The van der Waals surface area contributed by atoms with Crippen molar-refractivity contribution >= 4 is 5.96 Å². The number of hydrogen-bond acceptors (Lipinski definition) is 1. The van der Waals surface area contributed by atoms with E-state index in [1.54, 1.807) is 7.05 Å². The fourth-order valence-corrected chi connectivity index (χ4v) is 0.332. The molecule has 0 aromatic heterocycles. The Morgan fingerprint density at radius 3 is 2.75 bits per heavy atom. The van der Waals surface area contributed by atoms with Crippen molar-refractivity contribution in [2.75, 3.05) is 13.6 Å². The van der Waals surface area contributed by atoms with Crippen molar-refractivity contribution in [3.8, 4) is 0 Å². The highest BCUT2D eigenvalue weighted by atomic mass is 15.1. The van der Waals surface area contributed by atoms with Crippen molar-refractivity contribution in [3.63, 3.8) is 0 Å². The number of nitrogens with one attached hydrogen (secondary N) is 1. The summed E-state index contributed by atoms with van der Waals surface area (Å²) in [7, 11) is 1.66. The Hall–Kier alpha value is -0.730. The van der Waals surface area contributed by atoms with Crippen LogP contribution >= 0.6 is 0 Å². The van der Waals surface area contributed by atoms with E-state index in [1.165, 1.54) is 0 Å². The summed E-state index contributed by atoms with van der Waals surface area (Å²) in [6.07, 6.45) is 1.08. The summed E-state index contributed by atoms with van der Waals surface area (Å²) in [5, 5.41) is 2.91. The molecule has 0 saturated heterocycles. The predicted octanol–water partition coefficient (Wildman–Crippen LogP) is -0.0695. The Labute approximate surface area is 50.0 Å². The van der Waals surface area contributed by atoms with E-state index in [0.29, 0.717) is 5.96 Å². The van der Waals surface area contributed by atoms with Crippen LogP contribution in [0, 0.1) is 0 Å². The van der Waals surface area contributed by atoms with Crippen LogP contribution in [0.5, 0.6) is 0 Å². The van der Waals surface area contributed by atoms with Crippen LogP contribution in [0.3, 0.4) is 0 Å². The normalized spacial score (nSPS) is 11.5. The Bertz CT molecular complexity index is 77.7. The van der Waals surface area contributed by atoms with E-state index in [1.807, 2.05) is 0 Å². The third kappa shape index (κ3) is 3.46. The van der Waals surface area contributed by atoms with E-state index in [9.17, 15) is 0 Å². The summed E-state index contributed by atoms with van der Waals surface area (Å²) >= 11 is 0. The van der Waals surface area contributed by atoms with Gasteiger partial charge in [0.25, 0.3) is 0 Å². The molecule has 0 saturated carbocycles. The number of nitrogens with two attached hydrogens (primary N) is 1. The first-order chi connectivity index (χ1) is 3.81. The average Bonchev–Trinajstić information content (AvgIpc) is 1.83. The van der Waals surface area contributed by atoms with Gasteiger partial charge in [-0.25, -0.2) is 0 Å². The summed E-state index contributed by atoms with van der Waals surface area (Å²) < 4.78 is 0. The van der Waals surface area contributed by atoms with Crippen molar-refractivity contribution in [1.82, 2.24) is 5.32 Å². The largest absolute Gasteiger partial charge is 0.370 e. The van der Waals surface area contributed by atoms with E-state index in [0.717, 1.165) is 13.0 Å². The zero-order valence-electron chi connectivity index (χ0n) is 5.44. The SMILES string of the molecule is CCCNC(N)=NC. The number of nitrogens with zero attached hydrogens (tertiary/aromatic N) is 1. The number of guanidine groups is 1. The molecule has 3 nitrogen and oxygen atoms in total. The Morgan fingerprint density at radius 2 is 2.38 bits per heavy atom. The quantitative estimate of drug-likeness (QED) is 0.391. The average molecular weight is 115 g/mol. The van der Waals surface area contributed by atoms with E-state index < -0.39 is 0 Å². The minimum atomic E-state index is 0.520. The molecular weight excluding hydrogens is 102 g/mol. The molecule has 0 aliphatic rings. The van der Waals surface area contributed by atoms with Crippen LogP contribution in [-0.4, -0.2) is 19.6 Å². The van der Waals surface area contributed by atoms with E-state index in [2.05, 4.69) is 17.2 Å². The highest BCUT2D eigenvalue weighted by Gasteiger charge is 1.81. The van der Waals surface area contributed by atoms with Crippen LogP contribution in [0.1, 0.15) is 13.3 Å². The van der Waals surface area contributed by atoms with Crippen LogP contribution in [0.2, 0.25) is 0 Å². The zero-order valence-corrected chi connectivity index (χ0v) is 5.44. The molecule has 3 N–H and O–H groups in total. The molecule has 0 aliphatic carbocycles. The third-order valence-electron chi connectivity index (χ3n) is 0.797.